The van der Waals surface area contributed by atoms with E-state index >= 15 is 0 Å². The molecule has 0 N–H and O–H groups in total. The van der Waals surface area contributed by atoms with Crippen LogP contribution in [0.1, 0.15) is 24.3 Å². The molecule has 1 amide bonds. The summed E-state index contributed by atoms with van der Waals surface area (Å²) in [7, 11) is -1.26. The van der Waals surface area contributed by atoms with Crippen molar-refractivity contribution in [1.82, 2.24) is 4.90 Å². The lowest BCUT2D eigenvalue weighted by Crippen LogP contribution is -2.38. The standard InChI is InChI=1S/C15H19NO4S/c1-16(12-6-7-21(18,19)10-12)15(17)8-11-9-20-14-5-3-2-4-13(11)14/h2-5,11-12H,6-10H2,1H3. The summed E-state index contributed by atoms with van der Waals surface area (Å²) in [6.45, 7) is 0.516. The number of carbonyl (C=O) groups excluding carboxylic acids is 1. The van der Waals surface area contributed by atoms with Crippen molar-refractivity contribution >= 4 is 15.7 Å². The molecule has 2 aliphatic heterocycles. The fourth-order valence-corrected chi connectivity index (χ4v) is 4.81. The van der Waals surface area contributed by atoms with Crippen LogP contribution in [-0.4, -0.2) is 50.4 Å². The molecule has 0 aromatic heterocycles. The Morgan fingerprint density at radius 1 is 1.38 bits per heavy atom. The molecule has 1 aromatic rings. The van der Waals surface area contributed by atoms with Crippen LogP contribution in [0.3, 0.4) is 0 Å². The molecule has 1 fully saturated rings. The number of ether oxygens (including phenoxy) is 1. The van der Waals surface area contributed by atoms with Crippen LogP contribution in [0.2, 0.25) is 0 Å². The topological polar surface area (TPSA) is 63.7 Å². The lowest BCUT2D eigenvalue weighted by Gasteiger charge is -2.24. The van der Waals surface area contributed by atoms with Gasteiger partial charge in [0, 0.05) is 31.0 Å². The Labute approximate surface area is 124 Å². The third-order valence-electron chi connectivity index (χ3n) is 4.37. The van der Waals surface area contributed by atoms with Gasteiger partial charge in [0.25, 0.3) is 0 Å². The van der Waals surface area contributed by atoms with Crippen molar-refractivity contribution in [3.05, 3.63) is 29.8 Å². The van der Waals surface area contributed by atoms with E-state index in [1.165, 1.54) is 0 Å². The minimum absolute atomic E-state index is 0.0117. The van der Waals surface area contributed by atoms with Crippen LogP contribution in [0.5, 0.6) is 5.75 Å². The van der Waals surface area contributed by atoms with Crippen LogP contribution >= 0.6 is 0 Å². The van der Waals surface area contributed by atoms with E-state index in [2.05, 4.69) is 0 Å². The SMILES string of the molecule is CN(C(=O)CC1COc2ccccc21)C1CCS(=O)(=O)C1. The van der Waals surface area contributed by atoms with Crippen LogP contribution in [0.4, 0.5) is 0 Å². The van der Waals surface area contributed by atoms with Crippen molar-refractivity contribution < 1.29 is 17.9 Å². The maximum absolute atomic E-state index is 12.4. The van der Waals surface area contributed by atoms with E-state index in [4.69, 9.17) is 4.74 Å². The maximum atomic E-state index is 12.4. The molecule has 0 bridgehead atoms. The summed E-state index contributed by atoms with van der Waals surface area (Å²) >= 11 is 0. The van der Waals surface area contributed by atoms with Crippen LogP contribution < -0.4 is 4.74 Å². The first kappa shape index (κ1) is 14.4. The number of amides is 1. The van der Waals surface area contributed by atoms with Gasteiger partial charge in [0.05, 0.1) is 18.1 Å². The van der Waals surface area contributed by atoms with E-state index in [1.54, 1.807) is 11.9 Å². The van der Waals surface area contributed by atoms with E-state index in [0.29, 0.717) is 19.4 Å². The summed E-state index contributed by atoms with van der Waals surface area (Å²) < 4.78 is 28.6. The van der Waals surface area contributed by atoms with Crippen molar-refractivity contribution in [2.75, 3.05) is 25.2 Å². The normalized spacial score (nSPS) is 26.1. The fourth-order valence-electron chi connectivity index (χ4n) is 3.04. The highest BCUT2D eigenvalue weighted by Crippen LogP contribution is 2.36. The van der Waals surface area contributed by atoms with Crippen molar-refractivity contribution in [3.8, 4) is 5.75 Å². The molecule has 2 heterocycles. The number of fused-ring (bicyclic) bond motifs is 1. The number of nitrogens with zero attached hydrogens (tertiary/aromatic N) is 1. The molecule has 2 aliphatic rings. The second-order valence-electron chi connectivity index (χ2n) is 5.81. The zero-order valence-corrected chi connectivity index (χ0v) is 12.8. The lowest BCUT2D eigenvalue weighted by atomic mass is 9.97. The van der Waals surface area contributed by atoms with Gasteiger partial charge in [0.1, 0.15) is 5.75 Å². The predicted molar refractivity (Wildman–Crippen MR) is 79.1 cm³/mol. The molecule has 5 nitrogen and oxygen atoms in total. The molecule has 1 aromatic carbocycles. The first-order valence-corrected chi connectivity index (χ1v) is 8.96. The zero-order chi connectivity index (χ0) is 15.0. The van der Waals surface area contributed by atoms with Gasteiger partial charge in [-0.1, -0.05) is 18.2 Å². The Morgan fingerprint density at radius 3 is 2.86 bits per heavy atom. The summed E-state index contributed by atoms with van der Waals surface area (Å²) in [5.41, 5.74) is 1.07. The van der Waals surface area contributed by atoms with Crippen LogP contribution in [0, 0.1) is 0 Å². The smallest absolute Gasteiger partial charge is 0.223 e. The average Bonchev–Trinajstić information content (AvgIpc) is 3.02. The fraction of sp³-hybridized carbons (Fsp3) is 0.533. The van der Waals surface area contributed by atoms with E-state index in [0.717, 1.165) is 11.3 Å². The molecule has 0 aliphatic carbocycles. The molecule has 1 saturated heterocycles. The van der Waals surface area contributed by atoms with Crippen LogP contribution in [-0.2, 0) is 14.6 Å². The van der Waals surface area contributed by atoms with Gasteiger partial charge < -0.3 is 9.64 Å². The van der Waals surface area contributed by atoms with Gasteiger partial charge in [-0.25, -0.2) is 8.42 Å². The van der Waals surface area contributed by atoms with Gasteiger partial charge in [-0.05, 0) is 12.5 Å². The Bertz CT molecular complexity index is 655. The molecule has 0 spiro atoms. The molecule has 0 saturated carbocycles. The Kier molecular flexibility index (Phi) is 3.65. The molecule has 114 valence electrons. The number of para-hydroxylation sites is 1. The molecule has 2 atom stereocenters. The number of rotatable bonds is 3. The molecule has 3 rings (SSSR count). The van der Waals surface area contributed by atoms with Gasteiger partial charge in [-0.3, -0.25) is 4.79 Å². The Hall–Kier alpha value is -1.56. The van der Waals surface area contributed by atoms with Gasteiger partial charge >= 0.3 is 0 Å². The average molecular weight is 309 g/mol. The van der Waals surface area contributed by atoms with Crippen LogP contribution in [0.25, 0.3) is 0 Å². The Morgan fingerprint density at radius 2 is 2.14 bits per heavy atom. The van der Waals surface area contributed by atoms with Crippen molar-refractivity contribution in [3.63, 3.8) is 0 Å². The van der Waals surface area contributed by atoms with Crippen molar-refractivity contribution in [2.45, 2.75) is 24.8 Å². The van der Waals surface area contributed by atoms with Crippen molar-refractivity contribution in [1.29, 1.82) is 0 Å². The van der Waals surface area contributed by atoms with Crippen molar-refractivity contribution in [2.24, 2.45) is 0 Å². The van der Waals surface area contributed by atoms with E-state index in [9.17, 15) is 13.2 Å². The number of benzene rings is 1. The molecule has 0 radical (unpaired) electrons. The van der Waals surface area contributed by atoms with E-state index in [1.807, 2.05) is 24.3 Å². The monoisotopic (exact) mass is 309 g/mol. The quantitative estimate of drug-likeness (QED) is 0.841. The first-order chi connectivity index (χ1) is 9.96. The molecular formula is C15H19NO4S. The predicted octanol–water partition coefficient (Wildman–Crippen LogP) is 1.20. The third kappa shape index (κ3) is 2.90. The van der Waals surface area contributed by atoms with Crippen LogP contribution in [0.15, 0.2) is 24.3 Å². The second kappa shape index (κ2) is 5.33. The zero-order valence-electron chi connectivity index (χ0n) is 12.0. The second-order valence-corrected chi connectivity index (χ2v) is 8.04. The largest absolute Gasteiger partial charge is 0.493 e. The third-order valence-corrected chi connectivity index (χ3v) is 6.12. The highest BCUT2D eigenvalue weighted by molar-refractivity contribution is 7.91. The summed E-state index contributed by atoms with van der Waals surface area (Å²) in [6, 6.07) is 7.57. The highest BCUT2D eigenvalue weighted by atomic mass is 32.2. The Balaban J connectivity index is 1.65. The van der Waals surface area contributed by atoms with E-state index in [-0.39, 0.29) is 29.4 Å². The minimum atomic E-state index is -2.97. The number of sulfone groups is 1. The van der Waals surface area contributed by atoms with Gasteiger partial charge in [0.2, 0.25) is 5.91 Å². The van der Waals surface area contributed by atoms with Gasteiger partial charge in [0.15, 0.2) is 9.84 Å². The summed E-state index contributed by atoms with van der Waals surface area (Å²) in [5.74, 6) is 1.18. The number of hydrogen-bond donors (Lipinski definition) is 0. The summed E-state index contributed by atoms with van der Waals surface area (Å²) in [4.78, 5) is 14.0. The first-order valence-electron chi connectivity index (χ1n) is 7.14. The lowest BCUT2D eigenvalue weighted by molar-refractivity contribution is -0.132. The summed E-state index contributed by atoms with van der Waals surface area (Å²) in [6.07, 6.45) is 0.909. The molecule has 6 heteroatoms. The minimum Gasteiger partial charge on any atom is -0.493 e. The van der Waals surface area contributed by atoms with Gasteiger partial charge in [-0.15, -0.1) is 0 Å². The molecule has 21 heavy (non-hydrogen) atoms. The molecular weight excluding hydrogens is 290 g/mol. The highest BCUT2D eigenvalue weighted by Gasteiger charge is 2.34. The number of hydrogen-bond acceptors (Lipinski definition) is 4. The van der Waals surface area contributed by atoms with E-state index < -0.39 is 9.84 Å². The number of carbonyl (C=O) groups is 1. The summed E-state index contributed by atoms with van der Waals surface area (Å²) in [5, 5.41) is 0. The van der Waals surface area contributed by atoms with Gasteiger partial charge in [-0.2, -0.15) is 0 Å². The molecule has 2 unspecified atom stereocenters. The maximum Gasteiger partial charge on any atom is 0.223 e.